The van der Waals surface area contributed by atoms with Gasteiger partial charge in [0.05, 0.1) is 10.8 Å². The van der Waals surface area contributed by atoms with Gasteiger partial charge in [-0.2, -0.15) is 0 Å². The summed E-state index contributed by atoms with van der Waals surface area (Å²) in [4.78, 5) is 2.43. The van der Waals surface area contributed by atoms with Gasteiger partial charge in [0.1, 0.15) is 0 Å². The standard InChI is InChI=1S/C68H45N/c1-3-23-47(24-4-1)67(60-38-14-9-32-54(60)55-33-10-15-39-61(55)67)48-25-20-29-51(45-48)69(49-26-5-2-6-27-49)50-28-19-22-46(44-50)52-30-7-8-31-53(52)58-37-21-43-65-66(58)59-36-13-18-42-64(59)68(65)62-40-16-11-34-56(62)57-35-12-17-41-63(57)68/h1-45H. The molecule has 0 radical (unpaired) electrons. The van der Waals surface area contributed by atoms with Crippen molar-refractivity contribution in [2.75, 3.05) is 4.90 Å². The second-order valence-corrected chi connectivity index (χ2v) is 18.6. The summed E-state index contributed by atoms with van der Waals surface area (Å²) in [5.41, 5.74) is 25.5. The van der Waals surface area contributed by atoms with E-state index in [9.17, 15) is 0 Å². The van der Waals surface area contributed by atoms with Crippen LogP contribution in [0.3, 0.4) is 0 Å². The van der Waals surface area contributed by atoms with Gasteiger partial charge in [0.15, 0.2) is 0 Å². The van der Waals surface area contributed by atoms with Crippen molar-refractivity contribution in [2.24, 2.45) is 0 Å². The third-order valence-corrected chi connectivity index (χ3v) is 15.4. The SMILES string of the molecule is c1ccc(N(c2cccc(-c3ccccc3-c3cccc4c3-c3ccccc3C43c4ccccc4-c4ccccc43)c2)c2cccc(C3(c4ccccc4)c4ccccc4-c4ccccc43)c2)cc1. The molecule has 0 atom stereocenters. The zero-order valence-corrected chi connectivity index (χ0v) is 37.9. The average Bonchev–Trinajstić information content (AvgIpc) is 4.02. The Balaban J connectivity index is 0.942. The van der Waals surface area contributed by atoms with Gasteiger partial charge in [-0.05, 0) is 137 Å². The third kappa shape index (κ3) is 5.53. The van der Waals surface area contributed by atoms with Crippen LogP contribution in [0.15, 0.2) is 273 Å². The van der Waals surface area contributed by atoms with Crippen LogP contribution in [0.5, 0.6) is 0 Å². The maximum absolute atomic E-state index is 2.43. The van der Waals surface area contributed by atoms with E-state index in [0.29, 0.717) is 0 Å². The molecule has 1 nitrogen and oxygen atoms in total. The molecule has 0 amide bonds. The normalized spacial score (nSPS) is 13.7. The van der Waals surface area contributed by atoms with Gasteiger partial charge in [0, 0.05) is 17.1 Å². The van der Waals surface area contributed by atoms with Gasteiger partial charge >= 0.3 is 0 Å². The van der Waals surface area contributed by atoms with Crippen LogP contribution in [0.25, 0.3) is 55.6 Å². The summed E-state index contributed by atoms with van der Waals surface area (Å²) in [5.74, 6) is 0. The van der Waals surface area contributed by atoms with E-state index in [4.69, 9.17) is 0 Å². The van der Waals surface area contributed by atoms with E-state index >= 15 is 0 Å². The molecule has 0 heterocycles. The Morgan fingerprint density at radius 3 is 1.19 bits per heavy atom. The first-order chi connectivity index (χ1) is 34.3. The summed E-state index contributed by atoms with van der Waals surface area (Å²) in [5, 5.41) is 0. The van der Waals surface area contributed by atoms with Crippen LogP contribution in [0.2, 0.25) is 0 Å². The minimum atomic E-state index is -0.511. The topological polar surface area (TPSA) is 3.24 Å². The molecule has 0 N–H and O–H groups in total. The largest absolute Gasteiger partial charge is 0.310 e. The fourth-order valence-electron chi connectivity index (χ4n) is 12.8. The van der Waals surface area contributed by atoms with E-state index in [1.165, 1.54) is 94.6 Å². The first-order valence-electron chi connectivity index (χ1n) is 24.1. The first-order valence-corrected chi connectivity index (χ1v) is 24.1. The van der Waals surface area contributed by atoms with E-state index in [-0.39, 0.29) is 0 Å². The van der Waals surface area contributed by atoms with Crippen LogP contribution >= 0.6 is 0 Å². The zero-order chi connectivity index (χ0) is 45.5. The van der Waals surface area contributed by atoms with Crippen molar-refractivity contribution < 1.29 is 0 Å². The molecule has 3 aliphatic carbocycles. The number of rotatable bonds is 7. The number of hydrogen-bond donors (Lipinski definition) is 0. The number of fused-ring (bicyclic) bond motifs is 13. The Kier molecular flexibility index (Phi) is 8.78. The van der Waals surface area contributed by atoms with Crippen LogP contribution in [0.4, 0.5) is 17.1 Å². The van der Waals surface area contributed by atoms with E-state index in [2.05, 4.69) is 278 Å². The van der Waals surface area contributed by atoms with Crippen LogP contribution in [0.1, 0.15) is 44.5 Å². The lowest BCUT2D eigenvalue weighted by molar-refractivity contribution is 0.768. The Morgan fingerprint density at radius 2 is 0.594 bits per heavy atom. The third-order valence-electron chi connectivity index (χ3n) is 15.4. The molecule has 0 aliphatic heterocycles. The monoisotopic (exact) mass is 875 g/mol. The highest BCUT2D eigenvalue weighted by atomic mass is 15.1. The average molecular weight is 876 g/mol. The van der Waals surface area contributed by atoms with Crippen molar-refractivity contribution in [2.45, 2.75) is 10.8 Å². The summed E-state index contributed by atoms with van der Waals surface area (Å²) < 4.78 is 0. The molecule has 0 saturated carbocycles. The maximum atomic E-state index is 2.43. The molecule has 14 rings (SSSR count). The van der Waals surface area contributed by atoms with Gasteiger partial charge in [-0.25, -0.2) is 0 Å². The summed E-state index contributed by atoms with van der Waals surface area (Å²) in [6.45, 7) is 0. The molecule has 0 saturated heterocycles. The quantitative estimate of drug-likeness (QED) is 0.154. The minimum absolute atomic E-state index is 0.406. The van der Waals surface area contributed by atoms with Crippen molar-refractivity contribution in [1.82, 2.24) is 0 Å². The van der Waals surface area contributed by atoms with Gasteiger partial charge in [-0.3, -0.25) is 0 Å². The maximum Gasteiger partial charge on any atom is 0.0725 e. The molecule has 1 heteroatoms. The Labute approximate surface area is 403 Å². The smallest absolute Gasteiger partial charge is 0.0725 e. The molecule has 69 heavy (non-hydrogen) atoms. The predicted octanol–water partition coefficient (Wildman–Crippen LogP) is 17.2. The van der Waals surface area contributed by atoms with E-state index < -0.39 is 10.8 Å². The molecule has 0 fully saturated rings. The number of hydrogen-bond acceptors (Lipinski definition) is 1. The predicted molar refractivity (Wildman–Crippen MR) is 286 cm³/mol. The van der Waals surface area contributed by atoms with E-state index in [1.54, 1.807) is 0 Å². The Bertz CT molecular complexity index is 3710. The molecule has 11 aromatic carbocycles. The Morgan fingerprint density at radius 1 is 0.217 bits per heavy atom. The number of para-hydroxylation sites is 1. The summed E-state index contributed by atoms with van der Waals surface area (Å²) in [6.07, 6.45) is 0. The number of benzene rings is 11. The summed E-state index contributed by atoms with van der Waals surface area (Å²) in [6, 6.07) is 102. The fourth-order valence-corrected chi connectivity index (χ4v) is 12.8. The van der Waals surface area contributed by atoms with Gasteiger partial charge in [-0.15, -0.1) is 0 Å². The lowest BCUT2D eigenvalue weighted by Gasteiger charge is -2.35. The molecule has 0 aromatic heterocycles. The number of anilines is 3. The zero-order valence-electron chi connectivity index (χ0n) is 37.9. The van der Waals surface area contributed by atoms with Crippen molar-refractivity contribution in [3.63, 3.8) is 0 Å². The molecule has 3 aliphatic rings. The molecule has 11 aromatic rings. The van der Waals surface area contributed by atoms with Crippen molar-refractivity contribution in [1.29, 1.82) is 0 Å². The summed E-state index contributed by atoms with van der Waals surface area (Å²) in [7, 11) is 0. The molecule has 0 unspecified atom stereocenters. The minimum Gasteiger partial charge on any atom is -0.310 e. The molecule has 322 valence electrons. The van der Waals surface area contributed by atoms with Crippen LogP contribution < -0.4 is 4.90 Å². The summed E-state index contributed by atoms with van der Waals surface area (Å²) >= 11 is 0. The Hall–Kier alpha value is -8.78. The van der Waals surface area contributed by atoms with E-state index in [0.717, 1.165) is 22.6 Å². The lowest BCUT2D eigenvalue weighted by Crippen LogP contribution is -2.28. The number of nitrogens with zero attached hydrogens (tertiary/aromatic N) is 1. The van der Waals surface area contributed by atoms with E-state index in [1.807, 2.05) is 0 Å². The van der Waals surface area contributed by atoms with Crippen molar-refractivity contribution in [3.05, 3.63) is 317 Å². The molecular formula is C68H45N. The molecule has 0 bridgehead atoms. The van der Waals surface area contributed by atoms with Gasteiger partial charge in [0.25, 0.3) is 0 Å². The first kappa shape index (κ1) is 39.4. The van der Waals surface area contributed by atoms with Crippen LogP contribution in [0, 0.1) is 0 Å². The van der Waals surface area contributed by atoms with Gasteiger partial charge < -0.3 is 4.90 Å². The van der Waals surface area contributed by atoms with Gasteiger partial charge in [0.2, 0.25) is 0 Å². The van der Waals surface area contributed by atoms with Crippen LogP contribution in [-0.2, 0) is 10.8 Å². The lowest BCUT2D eigenvalue weighted by atomic mass is 9.67. The van der Waals surface area contributed by atoms with Crippen molar-refractivity contribution >= 4 is 17.1 Å². The highest BCUT2D eigenvalue weighted by Crippen LogP contribution is 2.64. The highest BCUT2D eigenvalue weighted by Gasteiger charge is 2.52. The van der Waals surface area contributed by atoms with Crippen LogP contribution in [-0.4, -0.2) is 0 Å². The fraction of sp³-hybridized carbons (Fsp3) is 0.0294. The van der Waals surface area contributed by atoms with Gasteiger partial charge in [-0.1, -0.05) is 237 Å². The second-order valence-electron chi connectivity index (χ2n) is 18.6. The second kappa shape index (κ2) is 15.4. The molecule has 1 spiro atoms. The molecular weight excluding hydrogens is 831 g/mol. The van der Waals surface area contributed by atoms with Crippen molar-refractivity contribution in [3.8, 4) is 55.6 Å². The highest BCUT2D eigenvalue weighted by molar-refractivity contribution is 6.02.